The zero-order chi connectivity index (χ0) is 14.4. The first kappa shape index (κ1) is 16.3. The molecule has 2 unspecified atom stereocenters. The van der Waals surface area contributed by atoms with E-state index in [1.807, 2.05) is 12.1 Å². The van der Waals surface area contributed by atoms with Crippen molar-refractivity contribution < 1.29 is 9.84 Å². The summed E-state index contributed by atoms with van der Waals surface area (Å²) < 4.78 is 5.33. The van der Waals surface area contributed by atoms with Gasteiger partial charge in [0.2, 0.25) is 0 Å². The molecule has 3 N–H and O–H groups in total. The Kier molecular flexibility index (Phi) is 6.63. The Bertz CT molecular complexity index is 396. The first-order chi connectivity index (χ1) is 8.99. The predicted molar refractivity (Wildman–Crippen MR) is 79.9 cm³/mol. The van der Waals surface area contributed by atoms with E-state index in [1.165, 1.54) is 0 Å². The fraction of sp³-hybridized carbons (Fsp3) is 0.600. The molecule has 0 radical (unpaired) electrons. The predicted octanol–water partition coefficient (Wildman–Crippen LogP) is 3.19. The fourth-order valence-electron chi connectivity index (χ4n) is 2.19. The van der Waals surface area contributed by atoms with Crippen molar-refractivity contribution in [2.75, 3.05) is 13.7 Å². The summed E-state index contributed by atoms with van der Waals surface area (Å²) in [6.45, 7) is 4.66. The molecule has 0 aliphatic rings. The maximum atomic E-state index is 10.3. The number of ether oxygens (including phenoxy) is 1. The van der Waals surface area contributed by atoms with Gasteiger partial charge in [-0.25, -0.2) is 0 Å². The van der Waals surface area contributed by atoms with Gasteiger partial charge < -0.3 is 15.6 Å². The molecule has 19 heavy (non-hydrogen) atoms. The Morgan fingerprint density at radius 2 is 2.00 bits per heavy atom. The second-order valence-electron chi connectivity index (χ2n) is 5.27. The van der Waals surface area contributed by atoms with Crippen molar-refractivity contribution in [3.05, 3.63) is 28.8 Å². The van der Waals surface area contributed by atoms with Gasteiger partial charge >= 0.3 is 0 Å². The number of hydrogen-bond acceptors (Lipinski definition) is 3. The van der Waals surface area contributed by atoms with Gasteiger partial charge in [0.1, 0.15) is 5.75 Å². The second kappa shape index (κ2) is 7.73. The summed E-state index contributed by atoms with van der Waals surface area (Å²) in [5.74, 6) is 1.14. The van der Waals surface area contributed by atoms with Gasteiger partial charge in [-0.05, 0) is 37.0 Å². The van der Waals surface area contributed by atoms with Crippen molar-refractivity contribution in [3.8, 4) is 5.75 Å². The van der Waals surface area contributed by atoms with Crippen molar-refractivity contribution in [2.24, 2.45) is 11.7 Å². The lowest BCUT2D eigenvalue weighted by molar-refractivity contribution is 0.127. The molecule has 4 heteroatoms. The van der Waals surface area contributed by atoms with E-state index in [4.69, 9.17) is 22.1 Å². The quantitative estimate of drug-likeness (QED) is 0.809. The highest BCUT2D eigenvalue weighted by molar-refractivity contribution is 6.30. The summed E-state index contributed by atoms with van der Waals surface area (Å²) in [5.41, 5.74) is 6.71. The Labute approximate surface area is 120 Å². The van der Waals surface area contributed by atoms with Crippen LogP contribution in [-0.2, 0) is 0 Å². The molecule has 0 fully saturated rings. The highest BCUT2D eigenvalue weighted by Crippen LogP contribution is 2.32. The molecule has 2 atom stereocenters. The summed E-state index contributed by atoms with van der Waals surface area (Å²) in [7, 11) is 1.61. The van der Waals surface area contributed by atoms with Crippen LogP contribution in [0.1, 0.15) is 38.2 Å². The van der Waals surface area contributed by atoms with Gasteiger partial charge in [0.15, 0.2) is 0 Å². The normalized spacial score (nSPS) is 14.5. The Morgan fingerprint density at radius 3 is 2.53 bits per heavy atom. The molecule has 108 valence electrons. The molecule has 0 saturated heterocycles. The molecule has 0 spiro atoms. The van der Waals surface area contributed by atoms with Crippen molar-refractivity contribution in [2.45, 2.75) is 38.7 Å². The molecule has 0 bridgehead atoms. The van der Waals surface area contributed by atoms with Crippen LogP contribution in [-0.4, -0.2) is 24.9 Å². The molecule has 1 aromatic rings. The lowest BCUT2D eigenvalue weighted by Gasteiger charge is -2.24. The number of nitrogens with two attached hydrogens (primary N) is 1. The molecule has 0 saturated carbocycles. The number of halogens is 1. The average molecular weight is 286 g/mol. The van der Waals surface area contributed by atoms with Crippen molar-refractivity contribution >= 4 is 11.6 Å². The van der Waals surface area contributed by atoms with E-state index in [1.54, 1.807) is 13.2 Å². The molecule has 0 heterocycles. The van der Waals surface area contributed by atoms with Gasteiger partial charge in [0.05, 0.1) is 13.2 Å². The molecule has 0 amide bonds. The van der Waals surface area contributed by atoms with Gasteiger partial charge in [0, 0.05) is 23.0 Å². The van der Waals surface area contributed by atoms with Crippen LogP contribution < -0.4 is 10.5 Å². The molecular weight excluding hydrogens is 262 g/mol. The van der Waals surface area contributed by atoms with Gasteiger partial charge in [-0.1, -0.05) is 25.4 Å². The lowest BCUT2D eigenvalue weighted by Crippen LogP contribution is -2.26. The van der Waals surface area contributed by atoms with Crippen LogP contribution in [0.3, 0.4) is 0 Å². The maximum Gasteiger partial charge on any atom is 0.122 e. The molecule has 0 aromatic heterocycles. The number of aliphatic hydroxyl groups excluding tert-OH is 1. The Balaban J connectivity index is 2.92. The summed E-state index contributed by atoms with van der Waals surface area (Å²) in [5, 5.41) is 11.0. The summed E-state index contributed by atoms with van der Waals surface area (Å²) in [4.78, 5) is 0. The molecule has 3 nitrogen and oxygen atoms in total. The molecular formula is C15H24ClNO2. The fourth-order valence-corrected chi connectivity index (χ4v) is 2.37. The van der Waals surface area contributed by atoms with Crippen LogP contribution >= 0.6 is 11.6 Å². The van der Waals surface area contributed by atoms with Crippen LogP contribution in [0.4, 0.5) is 0 Å². The van der Waals surface area contributed by atoms with Gasteiger partial charge in [0.25, 0.3) is 0 Å². The van der Waals surface area contributed by atoms with Crippen LogP contribution in [0.2, 0.25) is 5.02 Å². The minimum atomic E-state index is -0.472. The number of benzene rings is 1. The van der Waals surface area contributed by atoms with Gasteiger partial charge in [-0.2, -0.15) is 0 Å². The van der Waals surface area contributed by atoms with E-state index >= 15 is 0 Å². The van der Waals surface area contributed by atoms with Crippen LogP contribution in [0, 0.1) is 5.92 Å². The molecule has 1 rings (SSSR count). The summed E-state index contributed by atoms with van der Waals surface area (Å²) in [6, 6.07) is 5.42. The minimum absolute atomic E-state index is 0.146. The largest absolute Gasteiger partial charge is 0.496 e. The van der Waals surface area contributed by atoms with E-state index < -0.39 is 6.10 Å². The lowest BCUT2D eigenvalue weighted by atomic mass is 9.89. The van der Waals surface area contributed by atoms with Gasteiger partial charge in [-0.15, -0.1) is 0 Å². The first-order valence-corrected chi connectivity index (χ1v) is 7.09. The summed E-state index contributed by atoms with van der Waals surface area (Å²) >= 11 is 6.03. The molecule has 1 aromatic carbocycles. The average Bonchev–Trinajstić information content (AvgIpc) is 2.37. The second-order valence-corrected chi connectivity index (χ2v) is 5.70. The van der Waals surface area contributed by atoms with Crippen LogP contribution in [0.5, 0.6) is 5.75 Å². The van der Waals surface area contributed by atoms with Gasteiger partial charge in [-0.3, -0.25) is 0 Å². The van der Waals surface area contributed by atoms with E-state index in [-0.39, 0.29) is 5.92 Å². The first-order valence-electron chi connectivity index (χ1n) is 6.71. The standard InChI is InChI=1S/C15H24ClNO2/c1-10(2)4-6-14(18)13(9-17)12-8-11(16)5-7-15(12)19-3/h5,7-8,10,13-14,18H,4,6,9,17H2,1-3H3. The zero-order valence-electron chi connectivity index (χ0n) is 11.9. The summed E-state index contributed by atoms with van der Waals surface area (Å²) in [6.07, 6.45) is 1.23. The zero-order valence-corrected chi connectivity index (χ0v) is 12.7. The van der Waals surface area contributed by atoms with E-state index in [0.29, 0.717) is 17.5 Å². The van der Waals surface area contributed by atoms with Crippen LogP contribution in [0.15, 0.2) is 18.2 Å². The third-order valence-corrected chi connectivity index (χ3v) is 3.58. The highest BCUT2D eigenvalue weighted by atomic mass is 35.5. The third kappa shape index (κ3) is 4.68. The monoisotopic (exact) mass is 285 g/mol. The Hall–Kier alpha value is -0.770. The third-order valence-electron chi connectivity index (χ3n) is 3.35. The maximum absolute atomic E-state index is 10.3. The number of methoxy groups -OCH3 is 1. The van der Waals surface area contributed by atoms with Crippen LogP contribution in [0.25, 0.3) is 0 Å². The molecule has 0 aliphatic carbocycles. The topological polar surface area (TPSA) is 55.5 Å². The number of hydrogen-bond donors (Lipinski definition) is 2. The highest BCUT2D eigenvalue weighted by Gasteiger charge is 2.23. The van der Waals surface area contributed by atoms with E-state index in [0.717, 1.165) is 24.2 Å². The van der Waals surface area contributed by atoms with E-state index in [9.17, 15) is 5.11 Å². The van der Waals surface area contributed by atoms with Crippen molar-refractivity contribution in [3.63, 3.8) is 0 Å². The molecule has 0 aliphatic heterocycles. The van der Waals surface area contributed by atoms with Crippen molar-refractivity contribution in [1.29, 1.82) is 0 Å². The number of aliphatic hydroxyl groups is 1. The smallest absolute Gasteiger partial charge is 0.122 e. The Morgan fingerprint density at radius 1 is 1.32 bits per heavy atom. The van der Waals surface area contributed by atoms with E-state index in [2.05, 4.69) is 13.8 Å². The minimum Gasteiger partial charge on any atom is -0.496 e. The SMILES string of the molecule is COc1ccc(Cl)cc1C(CN)C(O)CCC(C)C. The van der Waals surface area contributed by atoms with Crippen molar-refractivity contribution in [1.82, 2.24) is 0 Å². The number of rotatable bonds is 7.